The molecule has 2 aromatic rings. The number of nitrogens with zero attached hydrogens (tertiary/aromatic N) is 1. The van der Waals surface area contributed by atoms with Crippen molar-refractivity contribution in [3.05, 3.63) is 48.5 Å². The smallest absolute Gasteiger partial charge is 0.247 e. The molecule has 0 aromatic heterocycles. The molecule has 1 aliphatic rings. The number of carbonyl (C=O) groups excluding carboxylic acids is 2. The summed E-state index contributed by atoms with van der Waals surface area (Å²) in [6, 6.07) is 14.0. The van der Waals surface area contributed by atoms with E-state index in [9.17, 15) is 9.59 Å². The summed E-state index contributed by atoms with van der Waals surface area (Å²) in [5.41, 5.74) is 1.12. The molecule has 2 amide bonds. The summed E-state index contributed by atoms with van der Waals surface area (Å²) in [6.45, 7) is 0. The first-order valence-corrected chi connectivity index (χ1v) is 9.07. The van der Waals surface area contributed by atoms with E-state index in [0.29, 0.717) is 22.9 Å². The number of thioether (sulfide) groups is 1. The minimum absolute atomic E-state index is 0.0373. The average molecular weight is 385 g/mol. The van der Waals surface area contributed by atoms with Gasteiger partial charge in [0.05, 0.1) is 25.6 Å². The maximum absolute atomic E-state index is 12.7. The highest BCUT2D eigenvalue weighted by molar-refractivity contribution is 8.16. The van der Waals surface area contributed by atoms with Gasteiger partial charge in [0.2, 0.25) is 11.8 Å². The Morgan fingerprint density at radius 3 is 2.59 bits per heavy atom. The second-order valence-electron chi connectivity index (χ2n) is 5.74. The fourth-order valence-electron chi connectivity index (χ4n) is 2.70. The third-order valence-corrected chi connectivity index (χ3v) is 5.08. The van der Waals surface area contributed by atoms with Crippen molar-refractivity contribution >= 4 is 40.1 Å². The van der Waals surface area contributed by atoms with Crippen LogP contribution in [0.3, 0.4) is 0 Å². The highest BCUT2D eigenvalue weighted by atomic mass is 32.2. The number of methoxy groups -OCH3 is 2. The summed E-state index contributed by atoms with van der Waals surface area (Å²) in [7, 11) is 3.04. The number of rotatable bonds is 6. The lowest BCUT2D eigenvalue weighted by molar-refractivity contribution is -0.121. The summed E-state index contributed by atoms with van der Waals surface area (Å²) in [6.07, 6.45) is -0.0373. The lowest BCUT2D eigenvalue weighted by Crippen LogP contribution is -2.33. The first-order chi connectivity index (χ1) is 13.0. The molecule has 1 aliphatic heterocycles. The molecule has 0 spiro atoms. The lowest BCUT2D eigenvalue weighted by Gasteiger charge is -2.15. The first kappa shape index (κ1) is 18.8. The van der Waals surface area contributed by atoms with Gasteiger partial charge in [-0.3, -0.25) is 19.9 Å². The van der Waals surface area contributed by atoms with Crippen LogP contribution in [0.1, 0.15) is 6.42 Å². The van der Waals surface area contributed by atoms with Crippen LogP contribution in [0.15, 0.2) is 48.5 Å². The standard InChI is InChI=1S/C19H19N3O4S/c1-25-13-8-9-14(15(10-13)26-2)21-17(23)11-16-18(24)22(19(20)27-16)12-6-4-3-5-7-12/h3-10,16,20H,11H2,1-2H3,(H,21,23)/t16-/m0/s1. The molecule has 0 bridgehead atoms. The minimum Gasteiger partial charge on any atom is -0.497 e. The number of hydrogen-bond donors (Lipinski definition) is 2. The maximum Gasteiger partial charge on any atom is 0.247 e. The Morgan fingerprint density at radius 2 is 1.93 bits per heavy atom. The van der Waals surface area contributed by atoms with Crippen molar-refractivity contribution in [2.75, 3.05) is 24.4 Å². The van der Waals surface area contributed by atoms with Crippen LogP contribution in [0.25, 0.3) is 0 Å². The van der Waals surface area contributed by atoms with Gasteiger partial charge >= 0.3 is 0 Å². The number of nitrogens with one attached hydrogen (secondary N) is 2. The molecule has 2 aromatic carbocycles. The molecule has 8 heteroatoms. The Hall–Kier alpha value is -3.00. The Labute approximate surface area is 161 Å². The lowest BCUT2D eigenvalue weighted by atomic mass is 10.2. The number of anilines is 2. The van der Waals surface area contributed by atoms with Crippen LogP contribution < -0.4 is 19.7 Å². The summed E-state index contributed by atoms with van der Waals surface area (Å²) in [5, 5.41) is 10.3. The van der Waals surface area contributed by atoms with Crippen LogP contribution in [0.5, 0.6) is 11.5 Å². The largest absolute Gasteiger partial charge is 0.497 e. The number of carbonyl (C=O) groups is 2. The summed E-state index contributed by atoms with van der Waals surface area (Å²) in [5.74, 6) is 0.477. The summed E-state index contributed by atoms with van der Waals surface area (Å²) in [4.78, 5) is 26.4. The fourth-order valence-corrected chi connectivity index (χ4v) is 3.72. The molecule has 1 heterocycles. The number of amides is 2. The molecular weight excluding hydrogens is 366 g/mol. The van der Waals surface area contributed by atoms with Crippen molar-refractivity contribution in [3.8, 4) is 11.5 Å². The number of benzene rings is 2. The number of ether oxygens (including phenoxy) is 2. The van der Waals surface area contributed by atoms with Crippen LogP contribution in [-0.4, -0.2) is 36.5 Å². The van der Waals surface area contributed by atoms with Gasteiger partial charge < -0.3 is 14.8 Å². The third kappa shape index (κ3) is 4.06. The Kier molecular flexibility index (Phi) is 5.66. The molecule has 2 N–H and O–H groups in total. The zero-order valence-corrected chi connectivity index (χ0v) is 15.7. The number of para-hydroxylation sites is 1. The number of hydrogen-bond acceptors (Lipinski definition) is 6. The van der Waals surface area contributed by atoms with E-state index >= 15 is 0 Å². The van der Waals surface area contributed by atoms with Gasteiger partial charge in [0.15, 0.2) is 5.17 Å². The molecule has 7 nitrogen and oxygen atoms in total. The maximum atomic E-state index is 12.7. The zero-order valence-electron chi connectivity index (χ0n) is 14.9. The van der Waals surface area contributed by atoms with Crippen LogP contribution >= 0.6 is 11.8 Å². The van der Waals surface area contributed by atoms with Crippen molar-refractivity contribution in [2.45, 2.75) is 11.7 Å². The molecule has 3 rings (SSSR count). The van der Waals surface area contributed by atoms with E-state index in [1.807, 2.05) is 6.07 Å². The van der Waals surface area contributed by atoms with Gasteiger partial charge in [0, 0.05) is 12.5 Å². The van der Waals surface area contributed by atoms with E-state index in [-0.39, 0.29) is 23.4 Å². The van der Waals surface area contributed by atoms with Gasteiger partial charge in [-0.05, 0) is 24.3 Å². The van der Waals surface area contributed by atoms with Gasteiger partial charge in [0.25, 0.3) is 0 Å². The average Bonchev–Trinajstić information content (AvgIpc) is 2.95. The van der Waals surface area contributed by atoms with Gasteiger partial charge in [-0.15, -0.1) is 0 Å². The van der Waals surface area contributed by atoms with Crippen LogP contribution in [-0.2, 0) is 9.59 Å². The van der Waals surface area contributed by atoms with Crippen molar-refractivity contribution in [2.24, 2.45) is 0 Å². The Balaban J connectivity index is 1.68. The molecule has 0 radical (unpaired) electrons. The predicted octanol–water partition coefficient (Wildman–Crippen LogP) is 3.12. The highest BCUT2D eigenvalue weighted by Gasteiger charge is 2.39. The second kappa shape index (κ2) is 8.13. The monoisotopic (exact) mass is 385 g/mol. The zero-order chi connectivity index (χ0) is 19.4. The van der Waals surface area contributed by atoms with E-state index in [1.165, 1.54) is 12.0 Å². The summed E-state index contributed by atoms with van der Waals surface area (Å²) < 4.78 is 10.4. The molecular formula is C19H19N3O4S. The van der Waals surface area contributed by atoms with E-state index in [2.05, 4.69) is 5.32 Å². The summed E-state index contributed by atoms with van der Waals surface area (Å²) >= 11 is 1.08. The molecule has 0 saturated carbocycles. The van der Waals surface area contributed by atoms with Crippen molar-refractivity contribution in [3.63, 3.8) is 0 Å². The second-order valence-corrected chi connectivity index (χ2v) is 6.93. The van der Waals surface area contributed by atoms with Gasteiger partial charge in [-0.2, -0.15) is 0 Å². The Morgan fingerprint density at radius 1 is 1.19 bits per heavy atom. The van der Waals surface area contributed by atoms with E-state index in [0.717, 1.165) is 11.8 Å². The van der Waals surface area contributed by atoms with Crippen LogP contribution in [0.2, 0.25) is 0 Å². The van der Waals surface area contributed by atoms with Gasteiger partial charge in [0.1, 0.15) is 16.7 Å². The number of amidine groups is 1. The molecule has 1 fully saturated rings. The van der Waals surface area contributed by atoms with Crippen molar-refractivity contribution < 1.29 is 19.1 Å². The Bertz CT molecular complexity index is 873. The SMILES string of the molecule is COc1ccc(NC(=O)C[C@@H]2SC(=N)N(c3ccccc3)C2=O)c(OC)c1. The third-order valence-electron chi connectivity index (χ3n) is 4.02. The van der Waals surface area contributed by atoms with E-state index in [4.69, 9.17) is 14.9 Å². The van der Waals surface area contributed by atoms with E-state index in [1.54, 1.807) is 49.6 Å². The molecule has 140 valence electrons. The fraction of sp³-hybridized carbons (Fsp3) is 0.211. The molecule has 1 saturated heterocycles. The van der Waals surface area contributed by atoms with Gasteiger partial charge in [-0.1, -0.05) is 30.0 Å². The molecule has 0 aliphatic carbocycles. The normalized spacial score (nSPS) is 16.4. The quantitative estimate of drug-likeness (QED) is 0.797. The van der Waals surface area contributed by atoms with Crippen LogP contribution in [0, 0.1) is 5.41 Å². The topological polar surface area (TPSA) is 91.7 Å². The van der Waals surface area contributed by atoms with Gasteiger partial charge in [-0.25, -0.2) is 0 Å². The first-order valence-electron chi connectivity index (χ1n) is 8.19. The predicted molar refractivity (Wildman–Crippen MR) is 106 cm³/mol. The van der Waals surface area contributed by atoms with Crippen molar-refractivity contribution in [1.29, 1.82) is 5.41 Å². The minimum atomic E-state index is -0.637. The molecule has 0 unspecified atom stereocenters. The highest BCUT2D eigenvalue weighted by Crippen LogP contribution is 2.34. The molecule has 27 heavy (non-hydrogen) atoms. The van der Waals surface area contributed by atoms with E-state index < -0.39 is 5.25 Å². The van der Waals surface area contributed by atoms with Crippen LogP contribution in [0.4, 0.5) is 11.4 Å². The van der Waals surface area contributed by atoms with Crippen molar-refractivity contribution in [1.82, 2.24) is 0 Å². The molecule has 1 atom stereocenters.